The molecule has 1 N–H and O–H groups in total. The number of carbonyl (C=O) groups excluding carboxylic acids is 1. The van der Waals surface area contributed by atoms with Crippen molar-refractivity contribution < 1.29 is 24.4 Å². The minimum absolute atomic E-state index is 0.0179. The van der Waals surface area contributed by atoms with Crippen molar-refractivity contribution in [2.75, 3.05) is 19.8 Å². The molecule has 9 heteroatoms. The number of hydrogen-bond donors (Lipinski definition) is 1. The summed E-state index contributed by atoms with van der Waals surface area (Å²) in [4.78, 5) is 35.8. The van der Waals surface area contributed by atoms with Gasteiger partial charge in [0.1, 0.15) is 0 Å². The molecule has 1 saturated heterocycles. The fourth-order valence-corrected chi connectivity index (χ4v) is 3.14. The van der Waals surface area contributed by atoms with Crippen LogP contribution in [0.15, 0.2) is 29.2 Å². The van der Waals surface area contributed by atoms with Gasteiger partial charge in [-0.25, -0.2) is 4.79 Å². The Hall–Kier alpha value is -2.13. The summed E-state index contributed by atoms with van der Waals surface area (Å²) in [5.74, 6) is -1.38. The molecule has 1 fully saturated rings. The molecule has 2 unspecified atom stereocenters. The van der Waals surface area contributed by atoms with E-state index in [9.17, 15) is 19.7 Å². The molecule has 0 aliphatic carbocycles. The zero-order valence-electron chi connectivity index (χ0n) is 12.4. The topological polar surface area (TPSA) is 110 Å². The summed E-state index contributed by atoms with van der Waals surface area (Å²) < 4.78 is 5.11. The molecule has 2 atom stereocenters. The smallest absolute Gasteiger partial charge is 0.328 e. The van der Waals surface area contributed by atoms with Crippen LogP contribution in [0.1, 0.15) is 6.92 Å². The van der Waals surface area contributed by atoms with Crippen LogP contribution in [0.2, 0.25) is 0 Å². The van der Waals surface area contributed by atoms with Crippen LogP contribution in [0.4, 0.5) is 5.69 Å². The number of ether oxygens (including phenoxy) is 1. The quantitative estimate of drug-likeness (QED) is 0.490. The lowest BCUT2D eigenvalue weighted by molar-refractivity contribution is -0.384. The predicted molar refractivity (Wildman–Crippen MR) is 82.4 cm³/mol. The normalized spacial score (nSPS) is 19.2. The molecule has 1 aromatic rings. The van der Waals surface area contributed by atoms with Gasteiger partial charge in [-0.05, 0) is 19.1 Å². The van der Waals surface area contributed by atoms with Gasteiger partial charge in [0.15, 0.2) is 6.04 Å². The van der Waals surface area contributed by atoms with E-state index in [0.29, 0.717) is 11.5 Å². The highest BCUT2D eigenvalue weighted by Gasteiger charge is 2.34. The highest BCUT2D eigenvalue weighted by atomic mass is 32.2. The third-order valence-electron chi connectivity index (χ3n) is 3.40. The summed E-state index contributed by atoms with van der Waals surface area (Å²) in [6.45, 7) is 2.21. The molecule has 1 aliphatic heterocycles. The Kier molecular flexibility index (Phi) is 5.56. The second kappa shape index (κ2) is 7.42. The standard InChI is InChI=1S/C14H16N2O6S/c1-9(23-11-4-2-10(3-5-11)16(20)21)13(17)15-6-7-22-8-12(15)14(18)19/h2-5,9,12H,6-8H2,1H3,(H,18,19). The largest absolute Gasteiger partial charge is 0.480 e. The monoisotopic (exact) mass is 340 g/mol. The van der Waals surface area contributed by atoms with E-state index in [0.717, 1.165) is 0 Å². The molecule has 8 nitrogen and oxygen atoms in total. The van der Waals surface area contributed by atoms with Gasteiger partial charge in [-0.3, -0.25) is 14.9 Å². The average molecular weight is 340 g/mol. The van der Waals surface area contributed by atoms with Gasteiger partial charge in [-0.1, -0.05) is 0 Å². The SMILES string of the molecule is CC(Sc1ccc([N+](=O)[O-])cc1)C(=O)N1CCOCC1C(=O)O. The molecule has 23 heavy (non-hydrogen) atoms. The maximum absolute atomic E-state index is 12.5. The van der Waals surface area contributed by atoms with Crippen molar-refractivity contribution in [2.45, 2.75) is 23.1 Å². The van der Waals surface area contributed by atoms with Gasteiger partial charge in [0.2, 0.25) is 5.91 Å². The Labute approximate surface area is 136 Å². The number of carboxylic acids is 1. The number of nitro benzene ring substituents is 1. The number of aliphatic carboxylic acids is 1. The van der Waals surface area contributed by atoms with Crippen LogP contribution in [-0.4, -0.2) is 57.9 Å². The van der Waals surface area contributed by atoms with Gasteiger partial charge in [0, 0.05) is 23.6 Å². The minimum Gasteiger partial charge on any atom is -0.480 e. The fourth-order valence-electron chi connectivity index (χ4n) is 2.21. The number of thioether (sulfide) groups is 1. The molecule has 1 aromatic carbocycles. The van der Waals surface area contributed by atoms with Crippen LogP contribution in [-0.2, 0) is 14.3 Å². The first-order valence-corrected chi connectivity index (χ1v) is 7.80. The van der Waals surface area contributed by atoms with Crippen molar-refractivity contribution in [3.8, 4) is 0 Å². The first-order valence-electron chi connectivity index (χ1n) is 6.92. The molecule has 0 bridgehead atoms. The number of carboxylic acid groups (broad SMARTS) is 1. The van der Waals surface area contributed by atoms with Crippen LogP contribution in [0, 0.1) is 10.1 Å². The molecular weight excluding hydrogens is 324 g/mol. The summed E-state index contributed by atoms with van der Waals surface area (Å²) >= 11 is 1.23. The molecule has 2 rings (SSSR count). The maximum Gasteiger partial charge on any atom is 0.328 e. The lowest BCUT2D eigenvalue weighted by Crippen LogP contribution is -2.54. The van der Waals surface area contributed by atoms with Gasteiger partial charge in [-0.2, -0.15) is 0 Å². The Morgan fingerprint density at radius 3 is 2.65 bits per heavy atom. The molecule has 0 aromatic heterocycles. The third-order valence-corrected chi connectivity index (χ3v) is 4.50. The van der Waals surface area contributed by atoms with Crippen molar-refractivity contribution in [2.24, 2.45) is 0 Å². The Morgan fingerprint density at radius 2 is 2.09 bits per heavy atom. The van der Waals surface area contributed by atoms with Gasteiger partial charge in [0.05, 0.1) is 23.4 Å². The molecule has 1 aliphatic rings. The average Bonchev–Trinajstić information content (AvgIpc) is 2.54. The molecule has 0 saturated carbocycles. The molecular formula is C14H16N2O6S. The van der Waals surface area contributed by atoms with Crippen molar-refractivity contribution in [3.63, 3.8) is 0 Å². The number of carbonyl (C=O) groups is 2. The second-order valence-electron chi connectivity index (χ2n) is 4.97. The summed E-state index contributed by atoms with van der Waals surface area (Å²) in [6, 6.07) is 4.90. The summed E-state index contributed by atoms with van der Waals surface area (Å²) in [6.07, 6.45) is 0. The summed E-state index contributed by atoms with van der Waals surface area (Å²) in [7, 11) is 0. The predicted octanol–water partition coefficient (Wildman–Crippen LogP) is 1.39. The lowest BCUT2D eigenvalue weighted by Gasteiger charge is -2.34. The molecule has 124 valence electrons. The Morgan fingerprint density at radius 1 is 1.43 bits per heavy atom. The van der Waals surface area contributed by atoms with Crippen LogP contribution in [0.3, 0.4) is 0 Å². The van der Waals surface area contributed by atoms with Crippen LogP contribution >= 0.6 is 11.8 Å². The lowest BCUT2D eigenvalue weighted by atomic mass is 10.2. The van der Waals surface area contributed by atoms with E-state index >= 15 is 0 Å². The van der Waals surface area contributed by atoms with Crippen LogP contribution in [0.25, 0.3) is 0 Å². The first kappa shape index (κ1) is 17.2. The number of hydrogen-bond acceptors (Lipinski definition) is 6. The van der Waals surface area contributed by atoms with E-state index in [1.54, 1.807) is 19.1 Å². The zero-order valence-corrected chi connectivity index (χ0v) is 13.2. The Bertz CT molecular complexity index is 606. The molecule has 0 radical (unpaired) electrons. The van der Waals surface area contributed by atoms with Crippen molar-refractivity contribution in [1.82, 2.24) is 4.90 Å². The third kappa shape index (κ3) is 4.20. The van der Waals surface area contributed by atoms with E-state index in [4.69, 9.17) is 9.84 Å². The number of benzene rings is 1. The maximum atomic E-state index is 12.5. The fraction of sp³-hybridized carbons (Fsp3) is 0.429. The molecule has 1 amide bonds. The highest BCUT2D eigenvalue weighted by molar-refractivity contribution is 8.00. The van der Waals surface area contributed by atoms with Crippen molar-refractivity contribution >= 4 is 29.3 Å². The molecule has 0 spiro atoms. The molecule has 1 heterocycles. The van der Waals surface area contributed by atoms with Gasteiger partial charge in [-0.15, -0.1) is 11.8 Å². The van der Waals surface area contributed by atoms with Crippen molar-refractivity contribution in [3.05, 3.63) is 34.4 Å². The second-order valence-corrected chi connectivity index (χ2v) is 6.39. The first-order chi connectivity index (χ1) is 10.9. The van der Waals surface area contributed by atoms with E-state index in [2.05, 4.69) is 0 Å². The van der Waals surface area contributed by atoms with Gasteiger partial charge in [0.25, 0.3) is 5.69 Å². The summed E-state index contributed by atoms with van der Waals surface area (Å²) in [5.41, 5.74) is -0.0209. The number of morpholine rings is 1. The van der Waals surface area contributed by atoms with E-state index in [-0.39, 0.29) is 24.7 Å². The van der Waals surface area contributed by atoms with Gasteiger partial charge >= 0.3 is 5.97 Å². The number of non-ortho nitro benzene ring substituents is 1. The van der Waals surface area contributed by atoms with Crippen LogP contribution < -0.4 is 0 Å². The zero-order chi connectivity index (χ0) is 17.0. The minimum atomic E-state index is -1.09. The van der Waals surface area contributed by atoms with Gasteiger partial charge < -0.3 is 14.7 Å². The summed E-state index contributed by atoms with van der Waals surface area (Å²) in [5, 5.41) is 19.3. The number of nitrogens with zero attached hydrogens (tertiary/aromatic N) is 2. The van der Waals surface area contributed by atoms with Crippen LogP contribution in [0.5, 0.6) is 0 Å². The van der Waals surface area contributed by atoms with Crippen molar-refractivity contribution in [1.29, 1.82) is 0 Å². The highest BCUT2D eigenvalue weighted by Crippen LogP contribution is 2.27. The van der Waals surface area contributed by atoms with E-state index < -0.39 is 22.2 Å². The van der Waals surface area contributed by atoms with E-state index in [1.165, 1.54) is 28.8 Å². The van der Waals surface area contributed by atoms with E-state index in [1.807, 2.05) is 0 Å². The number of nitro groups is 1. The number of rotatable bonds is 5. The number of amides is 1. The Balaban J connectivity index is 2.03.